The van der Waals surface area contributed by atoms with Gasteiger partial charge in [0.2, 0.25) is 0 Å². The molecular formula is C13H24. The second-order valence-corrected chi connectivity index (χ2v) is 5.97. The van der Waals surface area contributed by atoms with Crippen LogP contribution in [0.2, 0.25) is 0 Å². The molecule has 0 heteroatoms. The molecule has 2 aliphatic carbocycles. The lowest BCUT2D eigenvalue weighted by molar-refractivity contribution is 0.375. The molecule has 0 bridgehead atoms. The zero-order valence-corrected chi connectivity index (χ0v) is 9.53. The molecule has 0 amide bonds. The standard InChI is InChI=1S/C13H24/c1-4-13(8-9-13)7-5-6-12(3)10-11(12)2/h11H,4-10H2,1-3H3. The van der Waals surface area contributed by atoms with Crippen LogP contribution in [0.4, 0.5) is 0 Å². The van der Waals surface area contributed by atoms with Crippen molar-refractivity contribution in [2.24, 2.45) is 16.7 Å². The lowest BCUT2D eigenvalue weighted by Gasteiger charge is -2.14. The summed E-state index contributed by atoms with van der Waals surface area (Å²) in [5.41, 5.74) is 1.58. The molecule has 2 atom stereocenters. The molecule has 0 heterocycles. The molecule has 0 aromatic rings. The van der Waals surface area contributed by atoms with Crippen LogP contribution in [-0.2, 0) is 0 Å². The molecule has 2 saturated carbocycles. The highest BCUT2D eigenvalue weighted by Crippen LogP contribution is 2.58. The lowest BCUT2D eigenvalue weighted by atomic mass is 9.91. The molecule has 0 aromatic heterocycles. The molecule has 0 N–H and O–H groups in total. The Morgan fingerprint density at radius 1 is 1.23 bits per heavy atom. The molecule has 0 saturated heterocycles. The SMILES string of the molecule is CCC1(CCCC2(C)CC2C)CC1. The first-order valence-electron chi connectivity index (χ1n) is 6.10. The van der Waals surface area contributed by atoms with Gasteiger partial charge in [-0.15, -0.1) is 0 Å². The normalized spacial score (nSPS) is 40.4. The van der Waals surface area contributed by atoms with Gasteiger partial charge in [-0.3, -0.25) is 0 Å². The predicted molar refractivity (Wildman–Crippen MR) is 57.7 cm³/mol. The van der Waals surface area contributed by atoms with E-state index in [1.165, 1.54) is 44.9 Å². The average molecular weight is 180 g/mol. The minimum absolute atomic E-state index is 0.754. The van der Waals surface area contributed by atoms with Crippen LogP contribution in [0, 0.1) is 16.7 Å². The van der Waals surface area contributed by atoms with Crippen LogP contribution < -0.4 is 0 Å². The van der Waals surface area contributed by atoms with Gasteiger partial charge in [0.1, 0.15) is 0 Å². The zero-order valence-electron chi connectivity index (χ0n) is 9.53. The second kappa shape index (κ2) is 3.00. The summed E-state index contributed by atoms with van der Waals surface area (Å²) < 4.78 is 0. The maximum Gasteiger partial charge on any atom is -0.0297 e. The van der Waals surface area contributed by atoms with E-state index in [1.54, 1.807) is 0 Å². The fraction of sp³-hybridized carbons (Fsp3) is 1.00. The van der Waals surface area contributed by atoms with Gasteiger partial charge in [0, 0.05) is 0 Å². The molecule has 0 aromatic carbocycles. The maximum absolute atomic E-state index is 2.48. The van der Waals surface area contributed by atoms with E-state index in [2.05, 4.69) is 20.8 Å². The minimum Gasteiger partial charge on any atom is -0.0649 e. The highest BCUT2D eigenvalue weighted by atomic mass is 14.5. The van der Waals surface area contributed by atoms with E-state index in [0.29, 0.717) is 0 Å². The van der Waals surface area contributed by atoms with Crippen molar-refractivity contribution < 1.29 is 0 Å². The van der Waals surface area contributed by atoms with E-state index in [1.807, 2.05) is 0 Å². The molecule has 0 spiro atoms. The van der Waals surface area contributed by atoms with Crippen molar-refractivity contribution in [3.63, 3.8) is 0 Å². The van der Waals surface area contributed by atoms with Crippen LogP contribution in [0.25, 0.3) is 0 Å². The van der Waals surface area contributed by atoms with E-state index in [-0.39, 0.29) is 0 Å². The third kappa shape index (κ3) is 1.92. The number of hydrogen-bond acceptors (Lipinski definition) is 0. The smallest absolute Gasteiger partial charge is 0.0297 e. The third-order valence-electron chi connectivity index (χ3n) is 4.96. The van der Waals surface area contributed by atoms with Crippen LogP contribution in [0.3, 0.4) is 0 Å². The quantitative estimate of drug-likeness (QED) is 0.588. The first-order valence-corrected chi connectivity index (χ1v) is 6.10. The molecule has 0 aliphatic heterocycles. The van der Waals surface area contributed by atoms with Crippen LogP contribution >= 0.6 is 0 Å². The summed E-state index contributed by atoms with van der Waals surface area (Å²) in [4.78, 5) is 0. The van der Waals surface area contributed by atoms with Gasteiger partial charge in [-0.2, -0.15) is 0 Å². The summed E-state index contributed by atoms with van der Waals surface area (Å²) >= 11 is 0. The largest absolute Gasteiger partial charge is 0.0649 e. The van der Waals surface area contributed by atoms with Crippen molar-refractivity contribution in [1.82, 2.24) is 0 Å². The summed E-state index contributed by atoms with van der Waals surface area (Å²) in [5, 5.41) is 0. The number of hydrogen-bond donors (Lipinski definition) is 0. The number of rotatable bonds is 5. The summed E-state index contributed by atoms with van der Waals surface area (Å²) in [6.45, 7) is 7.25. The van der Waals surface area contributed by atoms with Crippen molar-refractivity contribution >= 4 is 0 Å². The molecule has 0 nitrogen and oxygen atoms in total. The second-order valence-electron chi connectivity index (χ2n) is 5.97. The van der Waals surface area contributed by atoms with Crippen LogP contribution in [0.15, 0.2) is 0 Å². The Labute approximate surface area is 83.1 Å². The molecule has 2 fully saturated rings. The van der Waals surface area contributed by atoms with Crippen LogP contribution in [-0.4, -0.2) is 0 Å². The van der Waals surface area contributed by atoms with E-state index in [9.17, 15) is 0 Å². The Kier molecular flexibility index (Phi) is 2.20. The van der Waals surface area contributed by atoms with Gasteiger partial charge >= 0.3 is 0 Å². The molecule has 2 unspecified atom stereocenters. The van der Waals surface area contributed by atoms with E-state index in [0.717, 1.165) is 16.7 Å². The minimum atomic E-state index is 0.754. The first kappa shape index (κ1) is 9.55. The molecule has 76 valence electrons. The Morgan fingerprint density at radius 2 is 1.85 bits per heavy atom. The summed E-state index contributed by atoms with van der Waals surface area (Å²) in [6, 6.07) is 0. The summed E-state index contributed by atoms with van der Waals surface area (Å²) in [5.74, 6) is 1.02. The molecular weight excluding hydrogens is 156 g/mol. The monoisotopic (exact) mass is 180 g/mol. The highest BCUT2D eigenvalue weighted by molar-refractivity contribution is 4.97. The molecule has 2 aliphatic rings. The predicted octanol–water partition coefficient (Wildman–Crippen LogP) is 4.39. The van der Waals surface area contributed by atoms with Crippen LogP contribution in [0.5, 0.6) is 0 Å². The molecule has 0 radical (unpaired) electrons. The van der Waals surface area contributed by atoms with Gasteiger partial charge in [-0.05, 0) is 48.9 Å². The Balaban J connectivity index is 1.64. The van der Waals surface area contributed by atoms with Crippen molar-refractivity contribution in [3.05, 3.63) is 0 Å². The zero-order chi connectivity index (χ0) is 9.53. The van der Waals surface area contributed by atoms with Gasteiger partial charge in [0.05, 0.1) is 0 Å². The highest BCUT2D eigenvalue weighted by Gasteiger charge is 2.46. The Hall–Kier alpha value is 0. The van der Waals surface area contributed by atoms with E-state index >= 15 is 0 Å². The van der Waals surface area contributed by atoms with Crippen LogP contribution in [0.1, 0.15) is 65.7 Å². The van der Waals surface area contributed by atoms with Gasteiger partial charge in [0.15, 0.2) is 0 Å². The molecule has 13 heavy (non-hydrogen) atoms. The fourth-order valence-corrected chi connectivity index (χ4v) is 2.81. The maximum atomic E-state index is 2.48. The van der Waals surface area contributed by atoms with Crippen molar-refractivity contribution in [2.45, 2.75) is 65.7 Å². The topological polar surface area (TPSA) is 0 Å². The Morgan fingerprint density at radius 3 is 2.23 bits per heavy atom. The van der Waals surface area contributed by atoms with Gasteiger partial charge in [-0.25, -0.2) is 0 Å². The fourth-order valence-electron chi connectivity index (χ4n) is 2.81. The van der Waals surface area contributed by atoms with E-state index < -0.39 is 0 Å². The van der Waals surface area contributed by atoms with Gasteiger partial charge < -0.3 is 0 Å². The summed E-state index contributed by atoms with van der Waals surface area (Å²) in [6.07, 6.45) is 10.5. The van der Waals surface area contributed by atoms with E-state index in [4.69, 9.17) is 0 Å². The average Bonchev–Trinajstić information content (AvgIpc) is 2.95. The van der Waals surface area contributed by atoms with Crippen molar-refractivity contribution in [2.75, 3.05) is 0 Å². The third-order valence-corrected chi connectivity index (χ3v) is 4.96. The Bertz CT molecular complexity index is 186. The lowest BCUT2D eigenvalue weighted by Crippen LogP contribution is -2.02. The van der Waals surface area contributed by atoms with Crippen molar-refractivity contribution in [1.29, 1.82) is 0 Å². The van der Waals surface area contributed by atoms with Crippen molar-refractivity contribution in [3.8, 4) is 0 Å². The summed E-state index contributed by atoms with van der Waals surface area (Å²) in [7, 11) is 0. The van der Waals surface area contributed by atoms with Gasteiger partial charge in [0.25, 0.3) is 0 Å². The van der Waals surface area contributed by atoms with Gasteiger partial charge in [-0.1, -0.05) is 33.6 Å². The first-order chi connectivity index (χ1) is 6.10. The molecule has 2 rings (SSSR count).